The number of alkyl carbamates (subject to hydrolysis) is 1. The molecule has 0 bridgehead atoms. The summed E-state index contributed by atoms with van der Waals surface area (Å²) in [6.07, 6.45) is -1.09. The lowest BCUT2D eigenvalue weighted by atomic mass is 10.1. The molecular formula is C12H15NO4. The van der Waals surface area contributed by atoms with Gasteiger partial charge in [-0.25, -0.2) is 4.79 Å². The molecule has 0 radical (unpaired) electrons. The predicted molar refractivity (Wildman–Crippen MR) is 61.6 cm³/mol. The molecule has 5 nitrogen and oxygen atoms in total. The maximum absolute atomic E-state index is 11.3. The average molecular weight is 237 g/mol. The first kappa shape index (κ1) is 13.0. The molecule has 2 N–H and O–H groups in total. The van der Waals surface area contributed by atoms with Gasteiger partial charge in [-0.2, -0.15) is 0 Å². The standard InChI is InChI=1S/C12H15NO4/c1-9(10-5-3-2-4-6-10)17-12(16)13-8-7-11(14)15/h2-6,9H,7-8H2,1H3,(H,13,16)(H,14,15). The van der Waals surface area contributed by atoms with E-state index < -0.39 is 12.1 Å². The number of benzene rings is 1. The van der Waals surface area contributed by atoms with Crippen LogP contribution >= 0.6 is 0 Å². The Hall–Kier alpha value is -2.04. The number of carbonyl (C=O) groups excluding carboxylic acids is 1. The Morgan fingerprint density at radius 1 is 1.35 bits per heavy atom. The minimum atomic E-state index is -0.957. The summed E-state index contributed by atoms with van der Waals surface area (Å²) in [5.74, 6) is -0.957. The van der Waals surface area contributed by atoms with Crippen molar-refractivity contribution in [3.8, 4) is 0 Å². The van der Waals surface area contributed by atoms with Crippen LogP contribution in [0, 0.1) is 0 Å². The largest absolute Gasteiger partial charge is 0.481 e. The summed E-state index contributed by atoms with van der Waals surface area (Å²) in [5.41, 5.74) is 0.890. The van der Waals surface area contributed by atoms with Crippen LogP contribution in [0.25, 0.3) is 0 Å². The first-order valence-corrected chi connectivity index (χ1v) is 5.31. The van der Waals surface area contributed by atoms with Crippen molar-refractivity contribution in [3.05, 3.63) is 35.9 Å². The molecule has 0 fully saturated rings. The number of carbonyl (C=O) groups is 2. The van der Waals surface area contributed by atoms with Crippen LogP contribution in [0.1, 0.15) is 25.0 Å². The van der Waals surface area contributed by atoms with Crippen LogP contribution in [0.5, 0.6) is 0 Å². The maximum Gasteiger partial charge on any atom is 0.407 e. The minimum Gasteiger partial charge on any atom is -0.481 e. The number of hydrogen-bond acceptors (Lipinski definition) is 3. The highest BCUT2D eigenvalue weighted by Gasteiger charge is 2.10. The Kier molecular flexibility index (Phi) is 5.00. The Morgan fingerprint density at radius 2 is 2.00 bits per heavy atom. The summed E-state index contributed by atoms with van der Waals surface area (Å²) in [6, 6.07) is 9.31. The van der Waals surface area contributed by atoms with Crippen molar-refractivity contribution in [2.45, 2.75) is 19.4 Å². The molecule has 0 aliphatic carbocycles. The van der Waals surface area contributed by atoms with E-state index in [0.717, 1.165) is 5.56 Å². The van der Waals surface area contributed by atoms with Crippen LogP contribution in [-0.2, 0) is 9.53 Å². The van der Waals surface area contributed by atoms with Crippen LogP contribution in [0.3, 0.4) is 0 Å². The monoisotopic (exact) mass is 237 g/mol. The highest BCUT2D eigenvalue weighted by atomic mass is 16.6. The minimum absolute atomic E-state index is 0.0652. The fraction of sp³-hybridized carbons (Fsp3) is 0.333. The number of hydrogen-bond donors (Lipinski definition) is 2. The Bertz CT molecular complexity index is 377. The highest BCUT2D eigenvalue weighted by molar-refractivity contribution is 5.70. The van der Waals surface area contributed by atoms with Gasteiger partial charge in [-0.3, -0.25) is 4.79 Å². The Balaban J connectivity index is 2.34. The molecule has 0 spiro atoms. The van der Waals surface area contributed by atoms with E-state index in [0.29, 0.717) is 0 Å². The van der Waals surface area contributed by atoms with Crippen molar-refractivity contribution >= 4 is 12.1 Å². The molecule has 0 heterocycles. The van der Waals surface area contributed by atoms with Gasteiger partial charge in [-0.15, -0.1) is 0 Å². The Morgan fingerprint density at radius 3 is 2.59 bits per heavy atom. The van der Waals surface area contributed by atoms with E-state index in [9.17, 15) is 9.59 Å². The van der Waals surface area contributed by atoms with Gasteiger partial charge in [-0.05, 0) is 12.5 Å². The van der Waals surface area contributed by atoms with Gasteiger partial charge in [0.25, 0.3) is 0 Å². The smallest absolute Gasteiger partial charge is 0.407 e. The number of carboxylic acid groups (broad SMARTS) is 1. The molecule has 1 unspecified atom stereocenters. The summed E-state index contributed by atoms with van der Waals surface area (Å²) in [5, 5.41) is 10.8. The second kappa shape index (κ2) is 6.52. The summed E-state index contributed by atoms with van der Waals surface area (Å²) in [7, 11) is 0. The molecule has 0 saturated carbocycles. The lowest BCUT2D eigenvalue weighted by Gasteiger charge is -2.13. The van der Waals surface area contributed by atoms with Crippen LogP contribution < -0.4 is 5.32 Å². The number of aliphatic carboxylic acids is 1. The van der Waals surface area contributed by atoms with E-state index in [1.165, 1.54) is 0 Å². The summed E-state index contributed by atoms with van der Waals surface area (Å²) < 4.78 is 5.08. The van der Waals surface area contributed by atoms with Crippen LogP contribution in [0.4, 0.5) is 4.79 Å². The molecule has 0 saturated heterocycles. The van der Waals surface area contributed by atoms with Gasteiger partial charge < -0.3 is 15.2 Å². The second-order valence-corrected chi connectivity index (χ2v) is 3.53. The van der Waals surface area contributed by atoms with Crippen molar-refractivity contribution in [2.75, 3.05) is 6.54 Å². The second-order valence-electron chi connectivity index (χ2n) is 3.53. The van der Waals surface area contributed by atoms with Crippen LogP contribution in [0.15, 0.2) is 30.3 Å². The van der Waals surface area contributed by atoms with Gasteiger partial charge in [0.2, 0.25) is 0 Å². The molecule has 0 aromatic heterocycles. The summed E-state index contributed by atoms with van der Waals surface area (Å²) >= 11 is 0. The molecule has 17 heavy (non-hydrogen) atoms. The molecule has 1 aromatic carbocycles. The number of ether oxygens (including phenoxy) is 1. The zero-order valence-electron chi connectivity index (χ0n) is 9.55. The topological polar surface area (TPSA) is 75.6 Å². The average Bonchev–Trinajstić information content (AvgIpc) is 2.29. The zero-order chi connectivity index (χ0) is 12.7. The normalized spacial score (nSPS) is 11.6. The third-order valence-electron chi connectivity index (χ3n) is 2.16. The van der Waals surface area contributed by atoms with E-state index in [2.05, 4.69) is 5.32 Å². The molecule has 1 atom stereocenters. The van der Waals surface area contributed by atoms with Crippen molar-refractivity contribution < 1.29 is 19.4 Å². The number of rotatable bonds is 5. The molecule has 0 aliphatic rings. The van der Waals surface area contributed by atoms with Gasteiger partial charge >= 0.3 is 12.1 Å². The number of nitrogens with one attached hydrogen (secondary N) is 1. The molecule has 1 amide bonds. The fourth-order valence-electron chi connectivity index (χ4n) is 1.27. The highest BCUT2D eigenvalue weighted by Crippen LogP contribution is 2.15. The molecule has 1 aromatic rings. The first-order chi connectivity index (χ1) is 8.09. The lowest BCUT2D eigenvalue weighted by molar-refractivity contribution is -0.136. The van der Waals surface area contributed by atoms with Crippen molar-refractivity contribution in [1.29, 1.82) is 0 Å². The summed E-state index contributed by atoms with van der Waals surface area (Å²) in [4.78, 5) is 21.5. The molecule has 1 rings (SSSR count). The maximum atomic E-state index is 11.3. The van der Waals surface area contributed by atoms with Crippen molar-refractivity contribution in [1.82, 2.24) is 5.32 Å². The van der Waals surface area contributed by atoms with Gasteiger partial charge in [-0.1, -0.05) is 30.3 Å². The van der Waals surface area contributed by atoms with Crippen LogP contribution in [0.2, 0.25) is 0 Å². The fourth-order valence-corrected chi connectivity index (χ4v) is 1.27. The molecule has 92 valence electrons. The predicted octanol–water partition coefficient (Wildman–Crippen LogP) is 1.95. The summed E-state index contributed by atoms with van der Waals surface area (Å²) in [6.45, 7) is 1.82. The van der Waals surface area contributed by atoms with E-state index in [1.807, 2.05) is 30.3 Å². The van der Waals surface area contributed by atoms with Gasteiger partial charge in [0, 0.05) is 6.54 Å². The Labute approximate surface area is 99.4 Å². The third-order valence-corrected chi connectivity index (χ3v) is 2.16. The van der Waals surface area contributed by atoms with Gasteiger partial charge in [0.05, 0.1) is 6.42 Å². The number of carboxylic acids is 1. The van der Waals surface area contributed by atoms with Gasteiger partial charge in [0.1, 0.15) is 6.10 Å². The zero-order valence-corrected chi connectivity index (χ0v) is 9.55. The van der Waals surface area contributed by atoms with Crippen LogP contribution in [-0.4, -0.2) is 23.7 Å². The molecule has 5 heteroatoms. The van der Waals surface area contributed by atoms with E-state index >= 15 is 0 Å². The van der Waals surface area contributed by atoms with E-state index in [4.69, 9.17) is 9.84 Å². The van der Waals surface area contributed by atoms with Crippen molar-refractivity contribution in [3.63, 3.8) is 0 Å². The lowest BCUT2D eigenvalue weighted by Crippen LogP contribution is -2.27. The quantitative estimate of drug-likeness (QED) is 0.820. The third kappa shape index (κ3) is 5.01. The first-order valence-electron chi connectivity index (χ1n) is 5.31. The SMILES string of the molecule is CC(OC(=O)NCCC(=O)O)c1ccccc1. The molecular weight excluding hydrogens is 222 g/mol. The van der Waals surface area contributed by atoms with E-state index in [-0.39, 0.29) is 19.1 Å². The van der Waals surface area contributed by atoms with Crippen molar-refractivity contribution in [2.24, 2.45) is 0 Å². The van der Waals surface area contributed by atoms with E-state index in [1.54, 1.807) is 6.92 Å². The van der Waals surface area contributed by atoms with Gasteiger partial charge in [0.15, 0.2) is 0 Å². The molecule has 0 aliphatic heterocycles. The number of amides is 1.